The standard InChI is InChI=1S/C39H26N4/c1-4-14-27(15-5-1)31-20-10-11-21-32(31)30-24-25-34-33-22-12-13-23-35(33)43(36(34)26-30)39-41-37(28-16-6-2-7-17-28)40-38(42-39)29-18-8-3-9-19-29/h1-26H. The van der Waals surface area contributed by atoms with Crippen molar-refractivity contribution >= 4 is 21.8 Å². The maximum absolute atomic E-state index is 5.08. The average Bonchev–Trinajstić information content (AvgIpc) is 3.43. The molecule has 43 heavy (non-hydrogen) atoms. The molecule has 0 atom stereocenters. The minimum absolute atomic E-state index is 0.590. The van der Waals surface area contributed by atoms with E-state index in [1.807, 2.05) is 60.7 Å². The highest BCUT2D eigenvalue weighted by Gasteiger charge is 2.18. The van der Waals surface area contributed by atoms with Gasteiger partial charge < -0.3 is 0 Å². The topological polar surface area (TPSA) is 43.6 Å². The molecular weight excluding hydrogens is 524 g/mol. The van der Waals surface area contributed by atoms with Crippen molar-refractivity contribution in [2.45, 2.75) is 0 Å². The fourth-order valence-corrected chi connectivity index (χ4v) is 5.86. The molecule has 0 saturated carbocycles. The third-order valence-corrected chi connectivity index (χ3v) is 7.88. The van der Waals surface area contributed by atoms with Crippen LogP contribution in [0.15, 0.2) is 158 Å². The Morgan fingerprint density at radius 1 is 0.349 bits per heavy atom. The Kier molecular flexibility index (Phi) is 6.08. The molecule has 0 aliphatic carbocycles. The second kappa shape index (κ2) is 10.5. The number of para-hydroxylation sites is 1. The number of rotatable bonds is 5. The summed E-state index contributed by atoms with van der Waals surface area (Å²) in [5, 5.41) is 2.31. The van der Waals surface area contributed by atoms with Gasteiger partial charge in [0.2, 0.25) is 5.95 Å². The first kappa shape index (κ1) is 24.9. The highest BCUT2D eigenvalue weighted by Crippen LogP contribution is 2.37. The van der Waals surface area contributed by atoms with E-state index in [-0.39, 0.29) is 0 Å². The summed E-state index contributed by atoms with van der Waals surface area (Å²) in [6, 6.07) is 54.5. The Morgan fingerprint density at radius 3 is 1.47 bits per heavy atom. The number of benzene rings is 6. The summed E-state index contributed by atoms with van der Waals surface area (Å²) >= 11 is 0. The molecule has 0 amide bonds. The fourth-order valence-electron chi connectivity index (χ4n) is 5.86. The number of nitrogens with zero attached hydrogens (tertiary/aromatic N) is 4. The van der Waals surface area contributed by atoms with E-state index < -0.39 is 0 Å². The van der Waals surface area contributed by atoms with Crippen LogP contribution in [0.25, 0.3) is 72.8 Å². The van der Waals surface area contributed by atoms with Crippen LogP contribution in [-0.2, 0) is 0 Å². The van der Waals surface area contributed by atoms with Gasteiger partial charge in [0.1, 0.15) is 0 Å². The normalized spacial score (nSPS) is 11.3. The van der Waals surface area contributed by atoms with Gasteiger partial charge in [0.15, 0.2) is 11.6 Å². The Labute approximate surface area is 249 Å². The van der Waals surface area contributed by atoms with Crippen molar-refractivity contribution in [1.29, 1.82) is 0 Å². The lowest BCUT2D eigenvalue weighted by atomic mass is 9.94. The molecule has 0 N–H and O–H groups in total. The molecule has 8 aromatic rings. The van der Waals surface area contributed by atoms with Crippen molar-refractivity contribution in [2.24, 2.45) is 0 Å². The first-order valence-electron chi connectivity index (χ1n) is 14.4. The van der Waals surface area contributed by atoms with Crippen LogP contribution in [-0.4, -0.2) is 19.5 Å². The minimum Gasteiger partial charge on any atom is -0.278 e. The predicted molar refractivity (Wildman–Crippen MR) is 176 cm³/mol. The van der Waals surface area contributed by atoms with E-state index in [4.69, 9.17) is 15.0 Å². The highest BCUT2D eigenvalue weighted by molar-refractivity contribution is 6.10. The quantitative estimate of drug-likeness (QED) is 0.214. The van der Waals surface area contributed by atoms with Gasteiger partial charge >= 0.3 is 0 Å². The van der Waals surface area contributed by atoms with Crippen LogP contribution < -0.4 is 0 Å². The predicted octanol–water partition coefficient (Wildman–Crippen LogP) is 9.64. The average molecular weight is 551 g/mol. The summed E-state index contributed by atoms with van der Waals surface area (Å²) in [5.41, 5.74) is 8.69. The van der Waals surface area contributed by atoms with Gasteiger partial charge in [-0.05, 0) is 34.4 Å². The van der Waals surface area contributed by atoms with Crippen LogP contribution in [0.2, 0.25) is 0 Å². The molecule has 8 rings (SSSR count). The summed E-state index contributed by atoms with van der Waals surface area (Å²) in [6.07, 6.45) is 0. The van der Waals surface area contributed by atoms with E-state index in [0.29, 0.717) is 17.6 Å². The highest BCUT2D eigenvalue weighted by atomic mass is 15.2. The van der Waals surface area contributed by atoms with E-state index in [1.54, 1.807) is 0 Å². The molecule has 0 radical (unpaired) electrons. The van der Waals surface area contributed by atoms with E-state index in [1.165, 1.54) is 16.7 Å². The number of hydrogen-bond donors (Lipinski definition) is 0. The van der Waals surface area contributed by atoms with E-state index >= 15 is 0 Å². The molecule has 0 fully saturated rings. The van der Waals surface area contributed by atoms with Gasteiger partial charge in [0.05, 0.1) is 11.0 Å². The number of aromatic nitrogens is 4. The van der Waals surface area contributed by atoms with Gasteiger partial charge in [0.25, 0.3) is 0 Å². The molecule has 0 spiro atoms. The smallest absolute Gasteiger partial charge is 0.238 e. The molecule has 4 nitrogen and oxygen atoms in total. The summed E-state index contributed by atoms with van der Waals surface area (Å²) in [6.45, 7) is 0. The van der Waals surface area contributed by atoms with E-state index in [0.717, 1.165) is 38.5 Å². The van der Waals surface area contributed by atoms with Crippen molar-refractivity contribution in [3.8, 4) is 51.0 Å². The van der Waals surface area contributed by atoms with Crippen molar-refractivity contribution in [3.63, 3.8) is 0 Å². The zero-order valence-electron chi connectivity index (χ0n) is 23.3. The van der Waals surface area contributed by atoms with E-state index in [9.17, 15) is 0 Å². The molecule has 0 aliphatic heterocycles. The van der Waals surface area contributed by atoms with Gasteiger partial charge in [0, 0.05) is 21.9 Å². The van der Waals surface area contributed by atoms with Crippen molar-refractivity contribution < 1.29 is 0 Å². The maximum atomic E-state index is 5.08. The zero-order valence-corrected chi connectivity index (χ0v) is 23.3. The van der Waals surface area contributed by atoms with Crippen LogP contribution in [0.3, 0.4) is 0 Å². The number of fused-ring (bicyclic) bond motifs is 3. The van der Waals surface area contributed by atoms with Crippen LogP contribution in [0.4, 0.5) is 0 Å². The van der Waals surface area contributed by atoms with Gasteiger partial charge in [-0.1, -0.05) is 146 Å². The largest absolute Gasteiger partial charge is 0.278 e. The fraction of sp³-hybridized carbons (Fsp3) is 0. The molecule has 202 valence electrons. The molecule has 6 aromatic carbocycles. The lowest BCUT2D eigenvalue weighted by Crippen LogP contribution is -2.06. The molecular formula is C39H26N4. The molecule has 2 heterocycles. The Hall–Kier alpha value is -5.87. The second-order valence-corrected chi connectivity index (χ2v) is 10.5. The molecule has 0 bridgehead atoms. The molecule has 0 aliphatic rings. The van der Waals surface area contributed by atoms with E-state index in [2.05, 4.69) is 102 Å². The summed E-state index contributed by atoms with van der Waals surface area (Å²) in [5.74, 6) is 1.87. The van der Waals surface area contributed by atoms with Gasteiger partial charge in [-0.25, -0.2) is 4.98 Å². The first-order chi connectivity index (χ1) is 21.3. The van der Waals surface area contributed by atoms with Gasteiger partial charge in [-0.3, -0.25) is 4.57 Å². The van der Waals surface area contributed by atoms with Crippen molar-refractivity contribution in [1.82, 2.24) is 19.5 Å². The number of hydrogen-bond acceptors (Lipinski definition) is 3. The Bertz CT molecular complexity index is 2160. The van der Waals surface area contributed by atoms with Crippen LogP contribution in [0.5, 0.6) is 0 Å². The summed E-state index contributed by atoms with van der Waals surface area (Å²) in [7, 11) is 0. The van der Waals surface area contributed by atoms with Crippen LogP contribution in [0, 0.1) is 0 Å². The van der Waals surface area contributed by atoms with Crippen molar-refractivity contribution in [3.05, 3.63) is 158 Å². The lowest BCUT2D eigenvalue weighted by Gasteiger charge is -2.13. The molecule has 2 aromatic heterocycles. The third kappa shape index (κ3) is 4.46. The summed E-state index contributed by atoms with van der Waals surface area (Å²) < 4.78 is 2.18. The minimum atomic E-state index is 0.590. The monoisotopic (exact) mass is 550 g/mol. The van der Waals surface area contributed by atoms with Gasteiger partial charge in [-0.2, -0.15) is 9.97 Å². The Balaban J connectivity index is 1.40. The van der Waals surface area contributed by atoms with Gasteiger partial charge in [-0.15, -0.1) is 0 Å². The lowest BCUT2D eigenvalue weighted by molar-refractivity contribution is 0.953. The summed E-state index contributed by atoms with van der Waals surface area (Å²) in [4.78, 5) is 15.1. The maximum Gasteiger partial charge on any atom is 0.238 e. The van der Waals surface area contributed by atoms with Crippen LogP contribution in [0.1, 0.15) is 0 Å². The second-order valence-electron chi connectivity index (χ2n) is 10.5. The third-order valence-electron chi connectivity index (χ3n) is 7.88. The zero-order chi connectivity index (χ0) is 28.6. The first-order valence-corrected chi connectivity index (χ1v) is 14.4. The molecule has 0 unspecified atom stereocenters. The van der Waals surface area contributed by atoms with Crippen molar-refractivity contribution in [2.75, 3.05) is 0 Å². The molecule has 0 saturated heterocycles. The SMILES string of the molecule is c1ccc(-c2nc(-c3ccccc3)nc(-n3c4ccccc4c4ccc(-c5ccccc5-c5ccccc5)cc43)n2)cc1. The van der Waals surface area contributed by atoms with Crippen LogP contribution >= 0.6 is 0 Å². The Morgan fingerprint density at radius 2 is 0.837 bits per heavy atom. The molecule has 4 heteroatoms.